The van der Waals surface area contributed by atoms with Crippen LogP contribution in [0.5, 0.6) is 11.5 Å². The lowest BCUT2D eigenvalue weighted by Gasteiger charge is -2.30. The van der Waals surface area contributed by atoms with Crippen LogP contribution in [0.25, 0.3) is 6.08 Å². The van der Waals surface area contributed by atoms with Gasteiger partial charge in [-0.1, -0.05) is 6.07 Å². The number of carboxylic acid groups (broad SMARTS) is 2. The highest BCUT2D eigenvalue weighted by Gasteiger charge is 2.41. The molecule has 0 saturated carbocycles. The predicted molar refractivity (Wildman–Crippen MR) is 82.9 cm³/mol. The van der Waals surface area contributed by atoms with Crippen molar-refractivity contribution in [3.05, 3.63) is 41.7 Å². The molecule has 0 unspecified atom stereocenters. The molecule has 3 atom stereocenters. The van der Waals surface area contributed by atoms with Crippen LogP contribution < -0.4 is 0 Å². The van der Waals surface area contributed by atoms with E-state index in [0.717, 1.165) is 12.2 Å². The lowest BCUT2D eigenvalue weighted by atomic mass is 10.0. The predicted octanol–water partition coefficient (Wildman–Crippen LogP) is -0.164. The maximum Gasteiger partial charge on any atom is 0.370 e. The van der Waals surface area contributed by atoms with Gasteiger partial charge in [0.2, 0.25) is 11.9 Å². The number of rotatable bonds is 5. The fraction of sp³-hybridized carbons (Fsp3) is 0.188. The zero-order chi connectivity index (χ0) is 19.4. The van der Waals surface area contributed by atoms with Gasteiger partial charge in [-0.3, -0.25) is 0 Å². The van der Waals surface area contributed by atoms with Crippen molar-refractivity contribution in [3.8, 4) is 11.5 Å². The van der Waals surface area contributed by atoms with Gasteiger partial charge in [-0.05, 0) is 23.8 Å². The second-order valence-corrected chi connectivity index (χ2v) is 5.19. The highest BCUT2D eigenvalue weighted by Crippen LogP contribution is 2.25. The Labute approximate surface area is 145 Å². The first-order chi connectivity index (χ1) is 12.2. The van der Waals surface area contributed by atoms with Crippen LogP contribution in [0.4, 0.5) is 0 Å². The molecule has 1 aliphatic rings. The maximum absolute atomic E-state index is 11.8. The number of carbonyl (C=O) groups is 3. The third-order valence-electron chi connectivity index (χ3n) is 3.33. The fourth-order valence-corrected chi connectivity index (χ4v) is 2.07. The standard InChI is InChI=1S/C16H14O10/c17-8-3-1-7(5-9(8)18)2-4-12(19)25-10-6-11(15(21)22)26-14(13(10)20)16(23)24/h1-6,10,13-14,17-18,20H,(H,21,22)(H,23,24)/b4-2+/t10-,13+,14+/m0/s1. The Bertz CT molecular complexity index is 794. The van der Waals surface area contributed by atoms with Crippen molar-refractivity contribution in [2.75, 3.05) is 0 Å². The highest BCUT2D eigenvalue weighted by molar-refractivity contribution is 5.88. The Balaban J connectivity index is 2.13. The van der Waals surface area contributed by atoms with E-state index in [9.17, 15) is 29.7 Å². The number of carbonyl (C=O) groups excluding carboxylic acids is 1. The van der Waals surface area contributed by atoms with E-state index in [4.69, 9.17) is 14.9 Å². The lowest BCUT2D eigenvalue weighted by molar-refractivity contribution is -0.172. The summed E-state index contributed by atoms with van der Waals surface area (Å²) in [6, 6.07) is 3.76. The number of aliphatic carboxylic acids is 2. The molecule has 1 aromatic carbocycles. The molecular weight excluding hydrogens is 352 g/mol. The minimum absolute atomic E-state index is 0.343. The molecule has 0 amide bonds. The summed E-state index contributed by atoms with van der Waals surface area (Å²) in [5, 5.41) is 46.3. The average Bonchev–Trinajstić information content (AvgIpc) is 2.57. The first-order valence-corrected chi connectivity index (χ1v) is 7.12. The number of phenolic OH excluding ortho intramolecular Hbond substituents is 2. The molecule has 0 aromatic heterocycles. The summed E-state index contributed by atoms with van der Waals surface area (Å²) in [7, 11) is 0. The van der Waals surface area contributed by atoms with Gasteiger partial charge in [0, 0.05) is 12.2 Å². The summed E-state index contributed by atoms with van der Waals surface area (Å²) in [5.74, 6) is -5.73. The molecule has 2 rings (SSSR count). The van der Waals surface area contributed by atoms with Crippen molar-refractivity contribution in [1.29, 1.82) is 0 Å². The van der Waals surface area contributed by atoms with Crippen molar-refractivity contribution >= 4 is 24.0 Å². The molecule has 10 nitrogen and oxygen atoms in total. The summed E-state index contributed by atoms with van der Waals surface area (Å²) < 4.78 is 9.51. The van der Waals surface area contributed by atoms with E-state index in [0.29, 0.717) is 5.56 Å². The summed E-state index contributed by atoms with van der Waals surface area (Å²) in [6.45, 7) is 0. The summed E-state index contributed by atoms with van der Waals surface area (Å²) in [5.41, 5.74) is 0.343. The van der Waals surface area contributed by atoms with Gasteiger partial charge in [0.1, 0.15) is 6.10 Å². The average molecular weight is 366 g/mol. The Morgan fingerprint density at radius 2 is 1.81 bits per heavy atom. The summed E-state index contributed by atoms with van der Waals surface area (Å²) in [4.78, 5) is 33.8. The van der Waals surface area contributed by atoms with Gasteiger partial charge in [0.25, 0.3) is 0 Å². The number of phenols is 2. The number of aromatic hydroxyl groups is 2. The van der Waals surface area contributed by atoms with Crippen molar-refractivity contribution in [2.24, 2.45) is 0 Å². The van der Waals surface area contributed by atoms with Gasteiger partial charge in [0.15, 0.2) is 17.6 Å². The number of aliphatic hydroxyl groups is 1. The van der Waals surface area contributed by atoms with E-state index in [1.165, 1.54) is 24.3 Å². The molecule has 10 heteroatoms. The van der Waals surface area contributed by atoms with Crippen LogP contribution in [0, 0.1) is 0 Å². The number of carboxylic acids is 2. The van der Waals surface area contributed by atoms with E-state index >= 15 is 0 Å². The number of aliphatic hydroxyl groups excluding tert-OH is 1. The van der Waals surface area contributed by atoms with E-state index in [-0.39, 0.29) is 5.75 Å². The van der Waals surface area contributed by atoms with Crippen molar-refractivity contribution in [1.82, 2.24) is 0 Å². The van der Waals surface area contributed by atoms with Crippen LogP contribution in [0.2, 0.25) is 0 Å². The van der Waals surface area contributed by atoms with Crippen LogP contribution in [0.15, 0.2) is 36.1 Å². The Hall–Kier alpha value is -3.53. The second kappa shape index (κ2) is 7.57. The molecular formula is C16H14O10. The van der Waals surface area contributed by atoms with Gasteiger partial charge >= 0.3 is 17.9 Å². The first-order valence-electron chi connectivity index (χ1n) is 7.12. The molecule has 26 heavy (non-hydrogen) atoms. The number of esters is 1. The molecule has 0 aliphatic carbocycles. The number of benzene rings is 1. The molecule has 0 radical (unpaired) electrons. The van der Waals surface area contributed by atoms with E-state index in [2.05, 4.69) is 4.74 Å². The van der Waals surface area contributed by atoms with E-state index in [1.807, 2.05) is 0 Å². The van der Waals surface area contributed by atoms with Crippen LogP contribution in [-0.4, -0.2) is 61.8 Å². The monoisotopic (exact) mass is 366 g/mol. The van der Waals surface area contributed by atoms with Gasteiger partial charge < -0.3 is 35.0 Å². The minimum Gasteiger partial charge on any atom is -0.504 e. The van der Waals surface area contributed by atoms with Crippen molar-refractivity contribution in [3.63, 3.8) is 0 Å². The molecule has 5 N–H and O–H groups in total. The molecule has 1 heterocycles. The Kier molecular flexibility index (Phi) is 5.48. The third kappa shape index (κ3) is 4.30. The Morgan fingerprint density at radius 3 is 2.38 bits per heavy atom. The molecule has 138 valence electrons. The molecule has 1 aromatic rings. The number of hydrogen-bond acceptors (Lipinski definition) is 8. The van der Waals surface area contributed by atoms with Crippen LogP contribution in [0.1, 0.15) is 5.56 Å². The van der Waals surface area contributed by atoms with Gasteiger partial charge in [-0.2, -0.15) is 0 Å². The van der Waals surface area contributed by atoms with Crippen LogP contribution in [0.3, 0.4) is 0 Å². The van der Waals surface area contributed by atoms with Gasteiger partial charge in [0.05, 0.1) is 0 Å². The van der Waals surface area contributed by atoms with Crippen molar-refractivity contribution in [2.45, 2.75) is 18.3 Å². The van der Waals surface area contributed by atoms with E-state index < -0.39 is 47.7 Å². The molecule has 0 bridgehead atoms. The molecule has 0 fully saturated rings. The SMILES string of the molecule is O=C(/C=C/c1ccc(O)c(O)c1)O[C@H]1C=C(C(=O)O)O[C@@H](C(=O)O)[C@@H]1O. The third-order valence-corrected chi connectivity index (χ3v) is 3.33. The van der Waals surface area contributed by atoms with Crippen LogP contribution in [-0.2, 0) is 23.9 Å². The van der Waals surface area contributed by atoms with Crippen molar-refractivity contribution < 1.29 is 49.4 Å². The zero-order valence-electron chi connectivity index (χ0n) is 13.0. The normalized spacial score (nSPS) is 22.3. The summed E-state index contributed by atoms with van der Waals surface area (Å²) in [6.07, 6.45) is -2.36. The number of hydrogen-bond donors (Lipinski definition) is 5. The second-order valence-electron chi connectivity index (χ2n) is 5.19. The summed E-state index contributed by atoms with van der Waals surface area (Å²) >= 11 is 0. The highest BCUT2D eigenvalue weighted by atomic mass is 16.6. The molecule has 0 spiro atoms. The van der Waals surface area contributed by atoms with E-state index in [1.54, 1.807) is 0 Å². The Morgan fingerprint density at radius 1 is 1.12 bits per heavy atom. The lowest BCUT2D eigenvalue weighted by Crippen LogP contribution is -2.48. The smallest absolute Gasteiger partial charge is 0.370 e. The number of ether oxygens (including phenoxy) is 2. The van der Waals surface area contributed by atoms with Gasteiger partial charge in [-0.15, -0.1) is 0 Å². The first kappa shape index (κ1) is 18.8. The fourth-order valence-electron chi connectivity index (χ4n) is 2.07. The quantitative estimate of drug-likeness (QED) is 0.268. The maximum atomic E-state index is 11.8. The topological polar surface area (TPSA) is 171 Å². The van der Waals surface area contributed by atoms with Gasteiger partial charge in [-0.25, -0.2) is 14.4 Å². The zero-order valence-corrected chi connectivity index (χ0v) is 13.0. The minimum atomic E-state index is -1.91. The van der Waals surface area contributed by atoms with Crippen LogP contribution >= 0.6 is 0 Å². The largest absolute Gasteiger partial charge is 0.504 e. The molecule has 1 aliphatic heterocycles. The molecule has 0 saturated heterocycles.